The zero-order chi connectivity index (χ0) is 24.2. The number of hydrogen-bond acceptors (Lipinski definition) is 5. The smallest absolute Gasteiger partial charge is 0.373 e. The van der Waals surface area contributed by atoms with Gasteiger partial charge in [-0.1, -0.05) is 79.4 Å². The van der Waals surface area contributed by atoms with Gasteiger partial charge in [0.05, 0.1) is 13.2 Å². The molecule has 0 radical (unpaired) electrons. The van der Waals surface area contributed by atoms with Gasteiger partial charge in [-0.3, -0.25) is 0 Å². The van der Waals surface area contributed by atoms with Crippen molar-refractivity contribution in [2.24, 2.45) is 0 Å². The third-order valence-electron chi connectivity index (χ3n) is 6.48. The summed E-state index contributed by atoms with van der Waals surface area (Å²) >= 11 is 0. The number of ether oxygens (including phenoxy) is 3. The Morgan fingerprint density at radius 2 is 1.80 bits per heavy atom. The first-order chi connectivity index (χ1) is 17.1. The van der Waals surface area contributed by atoms with E-state index in [1.165, 1.54) is 28.3 Å². The first-order valence-electron chi connectivity index (χ1n) is 11.8. The summed E-state index contributed by atoms with van der Waals surface area (Å²) in [5.74, 6) is -0.429. The first-order valence-corrected chi connectivity index (χ1v) is 11.8. The second kappa shape index (κ2) is 10.3. The molecule has 0 spiro atoms. The zero-order valence-corrected chi connectivity index (χ0v) is 19.5. The normalized spacial score (nSPS) is 18.1. The van der Waals surface area contributed by atoms with Gasteiger partial charge in [0.25, 0.3) is 0 Å². The summed E-state index contributed by atoms with van der Waals surface area (Å²) in [6, 6.07) is 22.6. The monoisotopic (exact) mass is 468 g/mol. The summed E-state index contributed by atoms with van der Waals surface area (Å²) in [6.07, 6.45) is 4.28. The van der Waals surface area contributed by atoms with Gasteiger partial charge >= 0.3 is 5.97 Å². The van der Waals surface area contributed by atoms with Crippen molar-refractivity contribution in [2.75, 3.05) is 6.61 Å². The van der Waals surface area contributed by atoms with Crippen LogP contribution in [0.1, 0.15) is 40.2 Å². The van der Waals surface area contributed by atoms with Gasteiger partial charge in [-0.25, -0.2) is 4.79 Å². The number of benzene rings is 3. The highest BCUT2D eigenvalue weighted by Gasteiger charge is 2.30. The Morgan fingerprint density at radius 1 is 1.03 bits per heavy atom. The van der Waals surface area contributed by atoms with Gasteiger partial charge in [-0.05, 0) is 51.4 Å². The van der Waals surface area contributed by atoms with Gasteiger partial charge in [-0.15, -0.1) is 0 Å². The Kier molecular flexibility index (Phi) is 6.80. The van der Waals surface area contributed by atoms with Crippen LogP contribution in [0.2, 0.25) is 0 Å². The molecule has 178 valence electrons. The molecule has 0 aromatic heterocycles. The van der Waals surface area contributed by atoms with Crippen LogP contribution >= 0.6 is 0 Å². The van der Waals surface area contributed by atoms with Crippen molar-refractivity contribution in [3.05, 3.63) is 119 Å². The van der Waals surface area contributed by atoms with Gasteiger partial charge in [-0.2, -0.15) is 0 Å². The van der Waals surface area contributed by atoms with E-state index in [-0.39, 0.29) is 24.9 Å². The van der Waals surface area contributed by atoms with E-state index in [0.29, 0.717) is 13.0 Å². The minimum absolute atomic E-state index is 0.000775. The molecule has 3 aromatic carbocycles. The molecule has 2 atom stereocenters. The third-order valence-corrected chi connectivity index (χ3v) is 6.48. The molecule has 1 N–H and O–H groups in total. The number of hydrogen-bond donors (Lipinski definition) is 1. The number of rotatable bonds is 8. The van der Waals surface area contributed by atoms with E-state index in [1.54, 1.807) is 0 Å². The van der Waals surface area contributed by atoms with E-state index in [2.05, 4.69) is 49.0 Å². The van der Waals surface area contributed by atoms with Crippen LogP contribution in [0.25, 0.3) is 11.1 Å². The van der Waals surface area contributed by atoms with E-state index < -0.39 is 12.3 Å². The van der Waals surface area contributed by atoms with E-state index in [4.69, 9.17) is 14.2 Å². The lowest BCUT2D eigenvalue weighted by molar-refractivity contribution is -0.163. The second-order valence-corrected chi connectivity index (χ2v) is 8.84. The quantitative estimate of drug-likeness (QED) is 0.277. The van der Waals surface area contributed by atoms with Crippen molar-refractivity contribution in [1.29, 1.82) is 0 Å². The number of aliphatic hydroxyl groups is 1. The van der Waals surface area contributed by atoms with E-state index >= 15 is 0 Å². The molecule has 1 aliphatic carbocycles. The lowest BCUT2D eigenvalue weighted by Gasteiger charge is -2.29. The highest BCUT2D eigenvalue weighted by atomic mass is 16.7. The summed E-state index contributed by atoms with van der Waals surface area (Å²) < 4.78 is 17.2. The van der Waals surface area contributed by atoms with Crippen molar-refractivity contribution in [1.82, 2.24) is 0 Å². The third kappa shape index (κ3) is 5.06. The zero-order valence-electron chi connectivity index (χ0n) is 19.5. The fraction of sp³-hybridized carbons (Fsp3) is 0.233. The highest BCUT2D eigenvalue weighted by molar-refractivity contribution is 5.86. The van der Waals surface area contributed by atoms with Gasteiger partial charge in [0, 0.05) is 12.3 Å². The molecule has 0 saturated carbocycles. The Hall–Kier alpha value is -3.67. The predicted molar refractivity (Wildman–Crippen MR) is 133 cm³/mol. The number of aliphatic hydroxyl groups excluding tert-OH is 1. The molecule has 5 nitrogen and oxygen atoms in total. The number of allylic oxidation sites excluding steroid dienone is 1. The average molecular weight is 469 g/mol. The standard InChI is InChI=1S/C30H28O5/c1-2-13-33-30(32)28-16-25(17-29(35-28)34-19-21-9-7-20(18-31)8-10-21)22-11-12-24-14-23-5-3-4-6-26(23)27(24)15-22/h2-12,15-16,25,29,31H,1,13-14,17-19H2/t25-,29+/m1/s1. The molecule has 0 bridgehead atoms. The molecule has 35 heavy (non-hydrogen) atoms. The van der Waals surface area contributed by atoms with Crippen LogP contribution in [0.3, 0.4) is 0 Å². The van der Waals surface area contributed by atoms with Gasteiger partial charge < -0.3 is 19.3 Å². The fourth-order valence-corrected chi connectivity index (χ4v) is 4.65. The fourth-order valence-electron chi connectivity index (χ4n) is 4.65. The molecule has 5 rings (SSSR count). The Morgan fingerprint density at radius 3 is 2.60 bits per heavy atom. The summed E-state index contributed by atoms with van der Waals surface area (Å²) in [4.78, 5) is 12.6. The number of carbonyl (C=O) groups excluding carboxylic acids is 1. The lowest BCUT2D eigenvalue weighted by atomic mass is 9.90. The van der Waals surface area contributed by atoms with Crippen molar-refractivity contribution >= 4 is 5.97 Å². The molecule has 5 heteroatoms. The maximum absolute atomic E-state index is 12.6. The van der Waals surface area contributed by atoms with E-state index in [0.717, 1.165) is 23.1 Å². The minimum Gasteiger partial charge on any atom is -0.458 e. The van der Waals surface area contributed by atoms with Crippen LogP contribution < -0.4 is 0 Å². The second-order valence-electron chi connectivity index (χ2n) is 8.84. The molecule has 0 saturated heterocycles. The van der Waals surface area contributed by atoms with Crippen molar-refractivity contribution in [3.8, 4) is 11.1 Å². The Labute approximate surface area is 205 Å². The predicted octanol–water partition coefficient (Wildman–Crippen LogP) is 5.41. The molecule has 2 aliphatic rings. The molecule has 0 unspecified atom stereocenters. The van der Waals surface area contributed by atoms with Crippen LogP contribution in [0, 0.1) is 0 Å². The van der Waals surface area contributed by atoms with Crippen LogP contribution in [0.4, 0.5) is 0 Å². The Balaban J connectivity index is 1.38. The van der Waals surface area contributed by atoms with Crippen molar-refractivity contribution < 1.29 is 24.1 Å². The minimum atomic E-state index is -0.602. The van der Waals surface area contributed by atoms with Crippen LogP contribution in [-0.2, 0) is 38.6 Å². The first kappa shape index (κ1) is 23.1. The van der Waals surface area contributed by atoms with Crippen LogP contribution in [0.5, 0.6) is 0 Å². The van der Waals surface area contributed by atoms with Gasteiger partial charge in [0.2, 0.25) is 12.0 Å². The largest absolute Gasteiger partial charge is 0.458 e. The topological polar surface area (TPSA) is 65.0 Å². The van der Waals surface area contributed by atoms with Gasteiger partial charge in [0.15, 0.2) is 0 Å². The van der Waals surface area contributed by atoms with E-state index in [9.17, 15) is 9.90 Å². The lowest BCUT2D eigenvalue weighted by Crippen LogP contribution is -2.27. The molecule has 1 aliphatic heterocycles. The molecular weight excluding hydrogens is 440 g/mol. The SMILES string of the molecule is C=CCOC(=O)C1=C[C@@H](c2ccc3c(c2)-c2ccccc2C3)C[C@@H](OCc2ccc(CO)cc2)O1. The summed E-state index contributed by atoms with van der Waals surface area (Å²) in [5.41, 5.74) is 8.08. The van der Waals surface area contributed by atoms with Crippen molar-refractivity contribution in [3.63, 3.8) is 0 Å². The average Bonchev–Trinajstić information content (AvgIpc) is 3.28. The maximum Gasteiger partial charge on any atom is 0.373 e. The molecular formula is C30H28O5. The molecule has 0 amide bonds. The van der Waals surface area contributed by atoms with Gasteiger partial charge in [0.1, 0.15) is 6.61 Å². The van der Waals surface area contributed by atoms with Crippen LogP contribution in [-0.4, -0.2) is 24.0 Å². The molecule has 3 aromatic rings. The maximum atomic E-state index is 12.6. The van der Waals surface area contributed by atoms with Crippen LogP contribution in [0.15, 0.2) is 91.2 Å². The number of fused-ring (bicyclic) bond motifs is 3. The summed E-state index contributed by atoms with van der Waals surface area (Å²) in [6.45, 7) is 4.05. The summed E-state index contributed by atoms with van der Waals surface area (Å²) in [5, 5.41) is 9.25. The van der Waals surface area contributed by atoms with E-state index in [1.807, 2.05) is 30.3 Å². The summed E-state index contributed by atoms with van der Waals surface area (Å²) in [7, 11) is 0. The number of carbonyl (C=O) groups is 1. The van der Waals surface area contributed by atoms with Crippen molar-refractivity contribution in [2.45, 2.75) is 38.3 Å². The highest BCUT2D eigenvalue weighted by Crippen LogP contribution is 2.40. The number of esters is 1. The molecule has 1 heterocycles. The Bertz CT molecular complexity index is 1260. The molecule has 0 fully saturated rings.